The molecule has 2 amide bonds. The van der Waals surface area contributed by atoms with Gasteiger partial charge in [-0.15, -0.1) is 11.3 Å². The average Bonchev–Trinajstić information content (AvgIpc) is 2.68. The van der Waals surface area contributed by atoms with Gasteiger partial charge in [-0.05, 0) is 26.0 Å². The van der Waals surface area contributed by atoms with E-state index < -0.39 is 24.1 Å². The normalized spacial score (nSPS) is 13.7. The van der Waals surface area contributed by atoms with Crippen molar-refractivity contribution in [3.05, 3.63) is 21.9 Å². The van der Waals surface area contributed by atoms with Crippen molar-refractivity contribution in [3.8, 4) is 0 Å². The average molecular weight is 272 g/mol. The first-order valence-corrected chi connectivity index (χ1v) is 6.22. The lowest BCUT2D eigenvalue weighted by molar-refractivity contribution is -0.141. The molecule has 4 N–H and O–H groups in total. The van der Waals surface area contributed by atoms with Crippen LogP contribution in [0.2, 0.25) is 0 Å². The van der Waals surface area contributed by atoms with Crippen molar-refractivity contribution in [2.24, 2.45) is 0 Å². The first-order chi connectivity index (χ1) is 8.40. The predicted molar refractivity (Wildman–Crippen MR) is 67.5 cm³/mol. The van der Waals surface area contributed by atoms with Gasteiger partial charge in [0.2, 0.25) is 0 Å². The Bertz CT molecular complexity index is 430. The Hall–Kier alpha value is -1.60. The maximum atomic E-state index is 11.5. The van der Waals surface area contributed by atoms with Gasteiger partial charge in [-0.25, -0.2) is 9.59 Å². The summed E-state index contributed by atoms with van der Waals surface area (Å²) in [6.07, 6.45) is -1.16. The summed E-state index contributed by atoms with van der Waals surface area (Å²) in [5.41, 5.74) is 0. The lowest BCUT2D eigenvalue weighted by Gasteiger charge is -2.17. The molecule has 0 saturated carbocycles. The topological polar surface area (TPSA) is 98.7 Å². The minimum atomic E-state index is -1.31. The van der Waals surface area contributed by atoms with E-state index in [1.54, 1.807) is 11.3 Å². The molecule has 1 rings (SSSR count). The molecule has 0 spiro atoms. The van der Waals surface area contributed by atoms with E-state index >= 15 is 0 Å². The summed E-state index contributed by atoms with van der Waals surface area (Å²) in [5.74, 6) is -1.27. The van der Waals surface area contributed by atoms with Crippen LogP contribution in [0.3, 0.4) is 0 Å². The number of aryl methyl sites for hydroxylation is 1. The number of amides is 2. The fraction of sp³-hybridized carbons (Fsp3) is 0.455. The highest BCUT2D eigenvalue weighted by molar-refractivity contribution is 7.11. The van der Waals surface area contributed by atoms with Gasteiger partial charge in [-0.3, -0.25) is 0 Å². The second kappa shape index (κ2) is 6.36. The Morgan fingerprint density at radius 2 is 2.11 bits per heavy atom. The van der Waals surface area contributed by atoms with Gasteiger partial charge >= 0.3 is 12.0 Å². The molecule has 1 aromatic rings. The largest absolute Gasteiger partial charge is 0.480 e. The second-order valence-electron chi connectivity index (χ2n) is 3.90. The number of aliphatic hydroxyl groups is 1. The molecular weight excluding hydrogens is 256 g/mol. The first-order valence-electron chi connectivity index (χ1n) is 5.40. The monoisotopic (exact) mass is 272 g/mol. The van der Waals surface area contributed by atoms with Gasteiger partial charge in [-0.1, -0.05) is 0 Å². The van der Waals surface area contributed by atoms with Crippen LogP contribution in [0.15, 0.2) is 12.1 Å². The maximum Gasteiger partial charge on any atom is 0.328 e. The molecule has 0 aliphatic rings. The number of rotatable bonds is 5. The highest BCUT2D eigenvalue weighted by Gasteiger charge is 2.24. The van der Waals surface area contributed by atoms with E-state index in [0.717, 1.165) is 9.75 Å². The molecule has 0 bridgehead atoms. The number of carbonyl (C=O) groups is 2. The number of aliphatic hydroxyl groups excluding tert-OH is 1. The first kappa shape index (κ1) is 14.5. The zero-order valence-electron chi connectivity index (χ0n) is 10.1. The molecular formula is C11H16N2O4S. The third-order valence-corrected chi connectivity index (χ3v) is 3.25. The smallest absolute Gasteiger partial charge is 0.328 e. The molecule has 1 aromatic heterocycles. The van der Waals surface area contributed by atoms with Gasteiger partial charge in [0.15, 0.2) is 6.04 Å². The fourth-order valence-electron chi connectivity index (χ4n) is 1.33. The summed E-state index contributed by atoms with van der Waals surface area (Å²) in [7, 11) is 0. The van der Waals surface area contributed by atoms with Crippen molar-refractivity contribution in [2.45, 2.75) is 32.5 Å². The Labute approximate surface area is 109 Å². The van der Waals surface area contributed by atoms with Crippen LogP contribution in [0, 0.1) is 6.92 Å². The molecule has 0 aliphatic carbocycles. The molecule has 1 heterocycles. The van der Waals surface area contributed by atoms with Crippen LogP contribution in [-0.4, -0.2) is 34.4 Å². The molecule has 2 atom stereocenters. The minimum Gasteiger partial charge on any atom is -0.480 e. The summed E-state index contributed by atoms with van der Waals surface area (Å²) >= 11 is 1.55. The standard InChI is InChI=1S/C11H16N2O4S/c1-6-3-4-8(18-6)5-12-11(17)13-9(7(2)14)10(15)16/h3-4,7,9,14H,5H2,1-2H3,(H,15,16)(H2,12,13,17)/t7-,9+/m1/s1. The molecule has 0 saturated heterocycles. The summed E-state index contributed by atoms with van der Waals surface area (Å²) in [6.45, 7) is 3.60. The van der Waals surface area contributed by atoms with Gasteiger partial charge < -0.3 is 20.8 Å². The van der Waals surface area contributed by atoms with Crippen molar-refractivity contribution in [2.75, 3.05) is 0 Å². The van der Waals surface area contributed by atoms with Crippen LogP contribution >= 0.6 is 11.3 Å². The van der Waals surface area contributed by atoms with Crippen molar-refractivity contribution < 1.29 is 19.8 Å². The van der Waals surface area contributed by atoms with Crippen molar-refractivity contribution >= 4 is 23.3 Å². The van der Waals surface area contributed by atoms with Gasteiger partial charge in [0.1, 0.15) is 0 Å². The number of hydrogen-bond donors (Lipinski definition) is 4. The van der Waals surface area contributed by atoms with E-state index in [1.807, 2.05) is 19.1 Å². The number of carboxylic acid groups (broad SMARTS) is 1. The number of hydrogen-bond acceptors (Lipinski definition) is 4. The van der Waals surface area contributed by atoms with Crippen LogP contribution in [0.5, 0.6) is 0 Å². The van der Waals surface area contributed by atoms with Crippen LogP contribution in [0.1, 0.15) is 16.7 Å². The second-order valence-corrected chi connectivity index (χ2v) is 5.27. The predicted octanol–water partition coefficient (Wildman–Crippen LogP) is 0.690. The van der Waals surface area contributed by atoms with Crippen molar-refractivity contribution in [1.29, 1.82) is 0 Å². The molecule has 6 nitrogen and oxygen atoms in total. The van der Waals surface area contributed by atoms with Crippen LogP contribution in [-0.2, 0) is 11.3 Å². The highest BCUT2D eigenvalue weighted by atomic mass is 32.1. The third-order valence-electron chi connectivity index (χ3n) is 2.25. The number of aliphatic carboxylic acids is 1. The van der Waals surface area contributed by atoms with Crippen LogP contribution in [0.25, 0.3) is 0 Å². The highest BCUT2D eigenvalue weighted by Crippen LogP contribution is 2.14. The molecule has 0 unspecified atom stereocenters. The van der Waals surface area contributed by atoms with Crippen LogP contribution < -0.4 is 10.6 Å². The van der Waals surface area contributed by atoms with E-state index in [0.29, 0.717) is 6.54 Å². The van der Waals surface area contributed by atoms with Crippen LogP contribution in [0.4, 0.5) is 4.79 Å². The molecule has 100 valence electrons. The number of thiophene rings is 1. The molecule has 18 heavy (non-hydrogen) atoms. The lowest BCUT2D eigenvalue weighted by atomic mass is 10.2. The van der Waals surface area contributed by atoms with E-state index in [-0.39, 0.29) is 0 Å². The molecule has 0 aromatic carbocycles. The zero-order valence-corrected chi connectivity index (χ0v) is 11.0. The maximum absolute atomic E-state index is 11.5. The number of carbonyl (C=O) groups excluding carboxylic acids is 1. The Morgan fingerprint density at radius 3 is 2.56 bits per heavy atom. The Kier molecular flexibility index (Phi) is 5.11. The summed E-state index contributed by atoms with van der Waals surface area (Å²) < 4.78 is 0. The SMILES string of the molecule is Cc1ccc(CNC(=O)N[C@H](C(=O)O)[C@@H](C)O)s1. The summed E-state index contributed by atoms with van der Waals surface area (Å²) in [5, 5.41) is 22.7. The number of nitrogens with one attached hydrogen (secondary N) is 2. The van der Waals surface area contributed by atoms with Gasteiger partial charge in [0.25, 0.3) is 0 Å². The van der Waals surface area contributed by atoms with E-state index in [4.69, 9.17) is 5.11 Å². The van der Waals surface area contributed by atoms with Gasteiger partial charge in [0, 0.05) is 9.75 Å². The molecule has 7 heteroatoms. The Balaban J connectivity index is 2.43. The number of carboxylic acids is 1. The Morgan fingerprint density at radius 1 is 1.44 bits per heavy atom. The molecule has 0 fully saturated rings. The molecule has 0 aliphatic heterocycles. The van der Waals surface area contributed by atoms with E-state index in [9.17, 15) is 14.7 Å². The van der Waals surface area contributed by atoms with Crippen molar-refractivity contribution in [1.82, 2.24) is 10.6 Å². The minimum absolute atomic E-state index is 0.330. The summed E-state index contributed by atoms with van der Waals surface area (Å²) in [4.78, 5) is 24.3. The van der Waals surface area contributed by atoms with Gasteiger partial charge in [0.05, 0.1) is 12.6 Å². The lowest BCUT2D eigenvalue weighted by Crippen LogP contribution is -2.50. The third kappa shape index (κ3) is 4.34. The number of urea groups is 1. The van der Waals surface area contributed by atoms with E-state index in [2.05, 4.69) is 10.6 Å². The summed E-state index contributed by atoms with van der Waals surface area (Å²) in [6, 6.07) is 1.91. The fourth-order valence-corrected chi connectivity index (χ4v) is 2.16. The quantitative estimate of drug-likeness (QED) is 0.633. The van der Waals surface area contributed by atoms with E-state index in [1.165, 1.54) is 6.92 Å². The molecule has 0 radical (unpaired) electrons. The zero-order chi connectivity index (χ0) is 13.7. The van der Waals surface area contributed by atoms with Gasteiger partial charge in [-0.2, -0.15) is 0 Å². The van der Waals surface area contributed by atoms with Crippen molar-refractivity contribution in [3.63, 3.8) is 0 Å².